The van der Waals surface area contributed by atoms with E-state index in [2.05, 4.69) is 5.32 Å². The van der Waals surface area contributed by atoms with Crippen molar-refractivity contribution in [3.8, 4) is 11.5 Å². The van der Waals surface area contributed by atoms with Crippen LogP contribution in [0, 0.1) is 5.92 Å². The zero-order valence-corrected chi connectivity index (χ0v) is 18.2. The average Bonchev–Trinajstić information content (AvgIpc) is 2.66. The van der Waals surface area contributed by atoms with Crippen LogP contribution >= 0.6 is 0 Å². The average molecular weight is 421 g/mol. The number of nitrogens with one attached hydrogen (secondary N) is 1. The highest BCUT2D eigenvalue weighted by Gasteiger charge is 2.28. The van der Waals surface area contributed by atoms with Crippen LogP contribution in [0.2, 0.25) is 0 Å². The lowest BCUT2D eigenvalue weighted by atomic mass is 9.93. The van der Waals surface area contributed by atoms with E-state index in [0.29, 0.717) is 37.4 Å². The molecule has 1 saturated heterocycles. The van der Waals surface area contributed by atoms with Gasteiger partial charge in [0.1, 0.15) is 5.60 Å². The summed E-state index contributed by atoms with van der Waals surface area (Å²) < 4.78 is 15.8. The highest BCUT2D eigenvalue weighted by Crippen LogP contribution is 2.33. The Bertz CT molecular complexity index is 795. The number of hydrogen-bond acceptors (Lipinski definition) is 6. The second-order valence-corrected chi connectivity index (χ2v) is 8.28. The Morgan fingerprint density at radius 1 is 1.10 bits per heavy atom. The third kappa shape index (κ3) is 6.27. The Morgan fingerprint density at radius 2 is 1.67 bits per heavy atom. The number of anilines is 1. The zero-order chi connectivity index (χ0) is 22.5. The van der Waals surface area contributed by atoms with Gasteiger partial charge in [0.15, 0.2) is 11.5 Å². The van der Waals surface area contributed by atoms with Crippen LogP contribution in [0.25, 0.3) is 0 Å². The highest BCUT2D eigenvalue weighted by molar-refractivity contribution is 6.04. The first kappa shape index (κ1) is 23.3. The van der Waals surface area contributed by atoms with Crippen LogP contribution in [0.4, 0.5) is 10.5 Å². The fraction of sp³-hybridized carbons (Fsp3) is 0.571. The van der Waals surface area contributed by atoms with Gasteiger partial charge in [0.05, 0.1) is 25.5 Å². The monoisotopic (exact) mass is 421 g/mol. The summed E-state index contributed by atoms with van der Waals surface area (Å²) in [5.41, 5.74) is 5.32. The van der Waals surface area contributed by atoms with Crippen molar-refractivity contribution in [2.24, 2.45) is 11.7 Å². The van der Waals surface area contributed by atoms with E-state index < -0.39 is 11.5 Å². The smallest absolute Gasteiger partial charge is 0.410 e. The molecule has 1 fully saturated rings. The SMILES string of the molecule is COc1cc(NC(=O)CC2CCN(C(=O)OC(C)(C)C)CC2)c(C(N)=O)cc1OC. The van der Waals surface area contributed by atoms with Gasteiger partial charge in [0.2, 0.25) is 5.91 Å². The van der Waals surface area contributed by atoms with Crippen molar-refractivity contribution >= 4 is 23.6 Å². The molecule has 9 nitrogen and oxygen atoms in total. The maximum absolute atomic E-state index is 12.6. The van der Waals surface area contributed by atoms with Crippen LogP contribution in [0.1, 0.15) is 50.4 Å². The van der Waals surface area contributed by atoms with E-state index in [1.54, 1.807) is 4.90 Å². The Kier molecular flexibility index (Phi) is 7.53. The summed E-state index contributed by atoms with van der Waals surface area (Å²) in [6.07, 6.45) is 1.33. The predicted molar refractivity (Wildman–Crippen MR) is 112 cm³/mol. The first-order valence-corrected chi connectivity index (χ1v) is 9.87. The summed E-state index contributed by atoms with van der Waals surface area (Å²) in [7, 11) is 2.91. The minimum Gasteiger partial charge on any atom is -0.493 e. The highest BCUT2D eigenvalue weighted by atomic mass is 16.6. The van der Waals surface area contributed by atoms with E-state index in [9.17, 15) is 14.4 Å². The van der Waals surface area contributed by atoms with Gasteiger partial charge in [-0.3, -0.25) is 9.59 Å². The third-order valence-corrected chi connectivity index (χ3v) is 4.80. The van der Waals surface area contributed by atoms with E-state index >= 15 is 0 Å². The number of hydrogen-bond donors (Lipinski definition) is 2. The summed E-state index contributed by atoms with van der Waals surface area (Å²) in [4.78, 5) is 38.2. The van der Waals surface area contributed by atoms with Gasteiger partial charge >= 0.3 is 6.09 Å². The van der Waals surface area contributed by atoms with Crippen LogP contribution in [-0.2, 0) is 9.53 Å². The van der Waals surface area contributed by atoms with Gasteiger partial charge in [-0.05, 0) is 45.6 Å². The molecule has 1 aromatic carbocycles. The van der Waals surface area contributed by atoms with Crippen LogP contribution < -0.4 is 20.5 Å². The second-order valence-electron chi connectivity index (χ2n) is 8.28. The fourth-order valence-corrected chi connectivity index (χ4v) is 3.30. The number of amides is 3. The molecule has 0 spiro atoms. The van der Waals surface area contributed by atoms with Gasteiger partial charge in [-0.2, -0.15) is 0 Å². The molecule has 2 rings (SSSR count). The number of carbonyl (C=O) groups is 3. The van der Waals surface area contributed by atoms with Crippen molar-refractivity contribution in [1.82, 2.24) is 4.90 Å². The number of methoxy groups -OCH3 is 2. The maximum atomic E-state index is 12.6. The molecular weight excluding hydrogens is 390 g/mol. The normalized spacial score (nSPS) is 14.8. The molecule has 0 bridgehead atoms. The Balaban J connectivity index is 1.97. The summed E-state index contributed by atoms with van der Waals surface area (Å²) in [6, 6.07) is 2.96. The molecule has 0 radical (unpaired) electrons. The summed E-state index contributed by atoms with van der Waals surface area (Å²) in [6.45, 7) is 6.56. The molecule has 0 aromatic heterocycles. The zero-order valence-electron chi connectivity index (χ0n) is 18.2. The lowest BCUT2D eigenvalue weighted by Gasteiger charge is -2.33. The second kappa shape index (κ2) is 9.69. The Labute approximate surface area is 176 Å². The van der Waals surface area contributed by atoms with Crippen molar-refractivity contribution < 1.29 is 28.6 Å². The summed E-state index contributed by atoms with van der Waals surface area (Å²) >= 11 is 0. The molecule has 3 N–H and O–H groups in total. The lowest BCUT2D eigenvalue weighted by molar-refractivity contribution is -0.117. The Morgan fingerprint density at radius 3 is 2.17 bits per heavy atom. The molecule has 1 aliphatic heterocycles. The summed E-state index contributed by atoms with van der Waals surface area (Å²) in [5.74, 6) is -0.0690. The van der Waals surface area contributed by atoms with Gasteiger partial charge in [-0.25, -0.2) is 4.79 Å². The van der Waals surface area contributed by atoms with Crippen LogP contribution in [0.15, 0.2) is 12.1 Å². The third-order valence-electron chi connectivity index (χ3n) is 4.80. The number of nitrogens with zero attached hydrogens (tertiary/aromatic N) is 1. The number of nitrogens with two attached hydrogens (primary N) is 1. The van der Waals surface area contributed by atoms with Crippen molar-refractivity contribution in [2.75, 3.05) is 32.6 Å². The fourth-order valence-electron chi connectivity index (χ4n) is 3.30. The van der Waals surface area contributed by atoms with Crippen molar-refractivity contribution in [3.63, 3.8) is 0 Å². The first-order valence-electron chi connectivity index (χ1n) is 9.87. The number of piperidine rings is 1. The van der Waals surface area contributed by atoms with Gasteiger partial charge in [0.25, 0.3) is 5.91 Å². The number of carbonyl (C=O) groups excluding carboxylic acids is 3. The van der Waals surface area contributed by atoms with Gasteiger partial charge in [-0.1, -0.05) is 0 Å². The molecule has 166 valence electrons. The minimum absolute atomic E-state index is 0.126. The standard InChI is InChI=1S/C21H31N3O6/c1-21(2,3)30-20(27)24-8-6-13(7-9-24)10-18(25)23-15-12-17(29-5)16(28-4)11-14(15)19(22)26/h11-13H,6-10H2,1-5H3,(H2,22,26)(H,23,25). The van der Waals surface area contributed by atoms with E-state index in [4.69, 9.17) is 19.9 Å². The van der Waals surface area contributed by atoms with Crippen LogP contribution in [0.3, 0.4) is 0 Å². The molecule has 1 aliphatic rings. The summed E-state index contributed by atoms with van der Waals surface area (Å²) in [5, 5.41) is 2.75. The Hall–Kier alpha value is -2.97. The number of rotatable bonds is 6. The minimum atomic E-state index is -0.683. The van der Waals surface area contributed by atoms with Gasteiger partial charge in [0, 0.05) is 25.6 Å². The van der Waals surface area contributed by atoms with Gasteiger partial charge < -0.3 is 30.2 Å². The quantitative estimate of drug-likeness (QED) is 0.729. The van der Waals surface area contributed by atoms with Crippen molar-refractivity contribution in [2.45, 2.75) is 45.6 Å². The largest absolute Gasteiger partial charge is 0.493 e. The molecular formula is C21H31N3O6. The van der Waals surface area contributed by atoms with E-state index in [1.165, 1.54) is 26.4 Å². The number of primary amides is 1. The molecule has 9 heteroatoms. The van der Waals surface area contributed by atoms with E-state index in [0.717, 1.165) is 0 Å². The van der Waals surface area contributed by atoms with Crippen molar-refractivity contribution in [3.05, 3.63) is 17.7 Å². The molecule has 1 heterocycles. The molecule has 1 aromatic rings. The number of benzene rings is 1. The topological polar surface area (TPSA) is 120 Å². The van der Waals surface area contributed by atoms with Crippen LogP contribution in [0.5, 0.6) is 11.5 Å². The molecule has 30 heavy (non-hydrogen) atoms. The number of likely N-dealkylation sites (tertiary alicyclic amines) is 1. The van der Waals surface area contributed by atoms with Crippen molar-refractivity contribution in [1.29, 1.82) is 0 Å². The molecule has 0 saturated carbocycles. The molecule has 0 aliphatic carbocycles. The molecule has 3 amide bonds. The van der Waals surface area contributed by atoms with Gasteiger partial charge in [-0.15, -0.1) is 0 Å². The predicted octanol–water partition coefficient (Wildman–Crippen LogP) is 2.78. The van der Waals surface area contributed by atoms with Crippen LogP contribution in [-0.4, -0.2) is 55.7 Å². The lowest BCUT2D eigenvalue weighted by Crippen LogP contribution is -2.42. The first-order chi connectivity index (χ1) is 14.0. The van der Waals surface area contributed by atoms with E-state index in [-0.39, 0.29) is 35.6 Å². The van der Waals surface area contributed by atoms with E-state index in [1.807, 2.05) is 20.8 Å². The number of ether oxygens (including phenoxy) is 3. The molecule has 0 atom stereocenters. The molecule has 0 unspecified atom stereocenters. The maximum Gasteiger partial charge on any atom is 0.410 e.